The summed E-state index contributed by atoms with van der Waals surface area (Å²) in [5.74, 6) is -0.244. The minimum absolute atomic E-state index is 0.244. The smallest absolute Gasteiger partial charge is 0.220 e. The van der Waals surface area contributed by atoms with Gasteiger partial charge in [-0.15, -0.1) is 0 Å². The highest BCUT2D eigenvalue weighted by Crippen LogP contribution is 2.30. The van der Waals surface area contributed by atoms with Crippen LogP contribution in [0.4, 0.5) is 0 Å². The van der Waals surface area contributed by atoms with Gasteiger partial charge in [-0.3, -0.25) is 4.79 Å². The van der Waals surface area contributed by atoms with E-state index in [2.05, 4.69) is 31.3 Å². The number of carbonyl (C=O) groups excluding carboxylic acids is 1. The highest BCUT2D eigenvalue weighted by molar-refractivity contribution is 5.76. The van der Waals surface area contributed by atoms with Crippen molar-refractivity contribution in [2.75, 3.05) is 19.8 Å². The molecular formula is C69H131NO13. The number of hydrogen-bond acceptors (Lipinski definition) is 13. The molecule has 14 heteroatoms. The molecule has 0 aromatic heterocycles. The highest BCUT2D eigenvalue weighted by Gasteiger charge is 2.51. The number of aliphatic hydroxyl groups is 8. The van der Waals surface area contributed by atoms with Gasteiger partial charge in [0.05, 0.1) is 32.0 Å². The quantitative estimate of drug-likeness (QED) is 0.0204. The zero-order chi connectivity index (χ0) is 60.2. The molecule has 2 fully saturated rings. The number of unbranched alkanes of at least 4 members (excludes halogenated alkanes) is 43. The predicted octanol–water partition coefficient (Wildman–Crippen LogP) is 14.0. The van der Waals surface area contributed by atoms with Crippen molar-refractivity contribution in [3.05, 3.63) is 24.3 Å². The summed E-state index contributed by atoms with van der Waals surface area (Å²) in [5, 5.41) is 87.1. The summed E-state index contributed by atoms with van der Waals surface area (Å²) in [5.41, 5.74) is 0. The van der Waals surface area contributed by atoms with E-state index in [0.29, 0.717) is 12.8 Å². The molecule has 9 N–H and O–H groups in total. The SMILES string of the molecule is CCCCCCCC/C=C/CC/C=C/C(O)C(COC1OC(CO)C(OC2OC(CO)C(O)C(O)C2O)C(O)C1O)NC(=O)CCCCCCCCCCCCCCCCCCCCCCCCCCCCCCCCCCCCCCC. The lowest BCUT2D eigenvalue weighted by Gasteiger charge is -2.46. The fourth-order valence-electron chi connectivity index (χ4n) is 11.8. The van der Waals surface area contributed by atoms with Crippen LogP contribution >= 0.6 is 0 Å². The fraction of sp³-hybridized carbons (Fsp3) is 0.928. The maximum absolute atomic E-state index is 13.3. The third kappa shape index (κ3) is 39.2. The van der Waals surface area contributed by atoms with Crippen molar-refractivity contribution in [1.82, 2.24) is 5.32 Å². The first-order chi connectivity index (χ1) is 40.6. The van der Waals surface area contributed by atoms with E-state index in [0.717, 1.165) is 32.1 Å². The van der Waals surface area contributed by atoms with E-state index in [9.17, 15) is 45.6 Å². The molecular weight excluding hydrogens is 1050 g/mol. The van der Waals surface area contributed by atoms with Gasteiger partial charge in [0.15, 0.2) is 12.6 Å². The van der Waals surface area contributed by atoms with Gasteiger partial charge in [0.2, 0.25) is 5.91 Å². The van der Waals surface area contributed by atoms with Gasteiger partial charge in [0, 0.05) is 6.42 Å². The second-order valence-corrected chi connectivity index (χ2v) is 25.0. The third-order valence-electron chi connectivity index (χ3n) is 17.4. The van der Waals surface area contributed by atoms with Crippen molar-refractivity contribution < 1.29 is 64.6 Å². The number of hydrogen-bond donors (Lipinski definition) is 9. The summed E-state index contributed by atoms with van der Waals surface area (Å²) in [6.07, 6.45) is 51.4. The second-order valence-electron chi connectivity index (χ2n) is 25.0. The van der Waals surface area contributed by atoms with E-state index in [1.807, 2.05) is 6.08 Å². The van der Waals surface area contributed by atoms with Crippen LogP contribution in [0.1, 0.15) is 316 Å². The van der Waals surface area contributed by atoms with Crippen molar-refractivity contribution in [1.29, 1.82) is 0 Å². The molecule has 0 saturated carbocycles. The molecule has 490 valence electrons. The molecule has 2 aliphatic rings. The van der Waals surface area contributed by atoms with Crippen molar-refractivity contribution in [2.24, 2.45) is 0 Å². The average Bonchev–Trinajstić information content (AvgIpc) is 3.58. The summed E-state index contributed by atoms with van der Waals surface area (Å²) >= 11 is 0. The number of aliphatic hydroxyl groups excluding tert-OH is 8. The number of rotatable bonds is 58. The van der Waals surface area contributed by atoms with Crippen LogP contribution in [0.3, 0.4) is 0 Å². The first-order valence-corrected chi connectivity index (χ1v) is 35.1. The number of carbonyl (C=O) groups is 1. The molecule has 0 aliphatic carbocycles. The van der Waals surface area contributed by atoms with Crippen LogP contribution in [0.2, 0.25) is 0 Å². The molecule has 83 heavy (non-hydrogen) atoms. The molecule has 0 aromatic rings. The van der Waals surface area contributed by atoms with E-state index in [1.165, 1.54) is 250 Å². The lowest BCUT2D eigenvalue weighted by Crippen LogP contribution is -2.65. The molecule has 12 atom stereocenters. The first kappa shape index (κ1) is 77.6. The molecule has 12 unspecified atom stereocenters. The van der Waals surface area contributed by atoms with Gasteiger partial charge < -0.3 is 65.1 Å². The Hall–Kier alpha value is -1.53. The number of ether oxygens (including phenoxy) is 4. The minimum atomic E-state index is -1.79. The van der Waals surface area contributed by atoms with Crippen molar-refractivity contribution >= 4 is 5.91 Å². The van der Waals surface area contributed by atoms with Gasteiger partial charge in [-0.2, -0.15) is 0 Å². The summed E-state index contributed by atoms with van der Waals surface area (Å²) < 4.78 is 22.8. The number of amides is 1. The molecule has 0 bridgehead atoms. The van der Waals surface area contributed by atoms with Gasteiger partial charge in [-0.1, -0.05) is 301 Å². The van der Waals surface area contributed by atoms with Gasteiger partial charge >= 0.3 is 0 Å². The number of allylic oxidation sites excluding steroid dienone is 3. The van der Waals surface area contributed by atoms with Crippen LogP contribution in [0.5, 0.6) is 0 Å². The van der Waals surface area contributed by atoms with Gasteiger partial charge in [0.25, 0.3) is 0 Å². The van der Waals surface area contributed by atoms with E-state index in [-0.39, 0.29) is 18.9 Å². The Morgan fingerprint density at radius 2 is 0.771 bits per heavy atom. The molecule has 2 rings (SSSR count). The molecule has 0 radical (unpaired) electrons. The highest BCUT2D eigenvalue weighted by atomic mass is 16.7. The first-order valence-electron chi connectivity index (χ1n) is 35.1. The fourth-order valence-corrected chi connectivity index (χ4v) is 11.8. The minimum Gasteiger partial charge on any atom is -0.394 e. The molecule has 0 aromatic carbocycles. The number of nitrogens with one attached hydrogen (secondary N) is 1. The summed E-state index contributed by atoms with van der Waals surface area (Å²) in [4.78, 5) is 13.3. The van der Waals surface area contributed by atoms with Crippen molar-refractivity contribution in [2.45, 2.75) is 389 Å². The normalized spacial score (nSPS) is 23.9. The van der Waals surface area contributed by atoms with Crippen molar-refractivity contribution in [3.63, 3.8) is 0 Å². The van der Waals surface area contributed by atoms with Gasteiger partial charge in [0.1, 0.15) is 48.8 Å². The predicted molar refractivity (Wildman–Crippen MR) is 337 cm³/mol. The Morgan fingerprint density at radius 3 is 1.18 bits per heavy atom. The maximum Gasteiger partial charge on any atom is 0.220 e. The van der Waals surface area contributed by atoms with Crippen LogP contribution in [0.15, 0.2) is 24.3 Å². The monoisotopic (exact) mass is 1180 g/mol. The lowest BCUT2D eigenvalue weighted by molar-refractivity contribution is -0.359. The second kappa shape index (κ2) is 54.6. The summed E-state index contributed by atoms with van der Waals surface area (Å²) in [6, 6.07) is -0.927. The molecule has 2 aliphatic heterocycles. The van der Waals surface area contributed by atoms with Crippen LogP contribution in [0.25, 0.3) is 0 Å². The van der Waals surface area contributed by atoms with Gasteiger partial charge in [-0.25, -0.2) is 0 Å². The molecule has 0 spiro atoms. The zero-order valence-electron chi connectivity index (χ0n) is 53.2. The Balaban J connectivity index is 1.55. The van der Waals surface area contributed by atoms with Gasteiger partial charge in [-0.05, 0) is 32.1 Å². The molecule has 2 heterocycles. The largest absolute Gasteiger partial charge is 0.394 e. The van der Waals surface area contributed by atoms with Crippen LogP contribution in [-0.4, -0.2) is 140 Å². The Bertz CT molecular complexity index is 1490. The topological polar surface area (TPSA) is 228 Å². The molecule has 14 nitrogen and oxygen atoms in total. The Morgan fingerprint density at radius 1 is 0.422 bits per heavy atom. The van der Waals surface area contributed by atoms with E-state index in [1.54, 1.807) is 6.08 Å². The van der Waals surface area contributed by atoms with E-state index >= 15 is 0 Å². The Kier molecular flexibility index (Phi) is 51.0. The molecule has 1 amide bonds. The van der Waals surface area contributed by atoms with Crippen LogP contribution in [-0.2, 0) is 23.7 Å². The van der Waals surface area contributed by atoms with E-state index in [4.69, 9.17) is 18.9 Å². The Labute approximate surface area is 507 Å². The standard InChI is InChI=1S/C69H131NO13/c1-3-5-7-9-11-13-15-17-18-19-20-21-22-23-24-25-26-27-28-29-30-31-32-33-34-35-36-37-38-39-40-41-43-45-47-49-51-53-61(74)70-57(58(73)52-50-48-46-44-42-16-14-12-10-8-6-4-2)56-80-68-66(79)64(77)67(60(55-72)82-68)83-69-65(78)63(76)62(75)59(54-71)81-69/h42,44,50,52,57-60,62-69,71-73,75-79H,3-41,43,45-49,51,53-56H2,1-2H3,(H,70,74)/b44-42+,52-50+. The summed E-state index contributed by atoms with van der Waals surface area (Å²) in [6.45, 7) is 2.79. The van der Waals surface area contributed by atoms with Crippen LogP contribution in [0, 0.1) is 0 Å². The average molecular weight is 1180 g/mol. The maximum atomic E-state index is 13.3. The third-order valence-corrected chi connectivity index (χ3v) is 17.4. The zero-order valence-corrected chi connectivity index (χ0v) is 53.2. The lowest BCUT2D eigenvalue weighted by atomic mass is 9.97. The van der Waals surface area contributed by atoms with E-state index < -0.39 is 86.8 Å². The molecule has 2 saturated heterocycles. The summed E-state index contributed by atoms with van der Waals surface area (Å²) in [7, 11) is 0. The van der Waals surface area contributed by atoms with Crippen molar-refractivity contribution in [3.8, 4) is 0 Å². The van der Waals surface area contributed by atoms with Crippen LogP contribution < -0.4 is 5.32 Å².